The first kappa shape index (κ1) is 14.9. The minimum absolute atomic E-state index is 0.0355. The molecule has 0 unspecified atom stereocenters. The van der Waals surface area contributed by atoms with Crippen molar-refractivity contribution in [3.8, 4) is 5.75 Å². The Morgan fingerprint density at radius 2 is 1.57 bits per heavy atom. The lowest BCUT2D eigenvalue weighted by Crippen LogP contribution is -2.08. The number of benzene rings is 2. The highest BCUT2D eigenvalue weighted by atomic mass is 16.3. The topological polar surface area (TPSA) is 40.5 Å². The van der Waals surface area contributed by atoms with E-state index in [9.17, 15) is 9.90 Å². The van der Waals surface area contributed by atoms with Gasteiger partial charge in [0.05, 0.1) is 0 Å². The smallest absolute Gasteiger partial charge is 0.188 e. The molecule has 0 heterocycles. The van der Waals surface area contributed by atoms with E-state index >= 15 is 0 Å². The molecule has 108 valence electrons. The Morgan fingerprint density at radius 1 is 1.00 bits per heavy atom. The number of allylic oxidation sites excluding steroid dienone is 1. The second kappa shape index (κ2) is 6.27. The van der Waals surface area contributed by atoms with Gasteiger partial charge in [-0.05, 0) is 60.5 Å². The van der Waals surface area contributed by atoms with Gasteiger partial charge in [-0.25, -0.2) is 0 Å². The quantitative estimate of drug-likeness (QED) is 0.685. The van der Waals surface area contributed by atoms with E-state index in [4.69, 9.17) is 0 Å². The zero-order valence-electron chi connectivity index (χ0n) is 12.5. The molecule has 3 nitrogen and oxygen atoms in total. The average molecular weight is 281 g/mol. The molecule has 2 aromatic rings. The molecule has 2 rings (SSSR count). The first-order chi connectivity index (χ1) is 9.97. The van der Waals surface area contributed by atoms with Gasteiger partial charge in [-0.15, -0.1) is 0 Å². The molecule has 0 amide bonds. The molecule has 21 heavy (non-hydrogen) atoms. The van der Waals surface area contributed by atoms with Crippen LogP contribution >= 0.6 is 0 Å². The first-order valence-electron chi connectivity index (χ1n) is 6.77. The summed E-state index contributed by atoms with van der Waals surface area (Å²) in [6.45, 7) is 1.80. The number of hydrogen-bond acceptors (Lipinski definition) is 3. The molecule has 0 saturated heterocycles. The van der Waals surface area contributed by atoms with Crippen molar-refractivity contribution in [2.24, 2.45) is 0 Å². The summed E-state index contributed by atoms with van der Waals surface area (Å²) in [5.74, 6) is 0.124. The van der Waals surface area contributed by atoms with Crippen molar-refractivity contribution in [1.82, 2.24) is 0 Å². The van der Waals surface area contributed by atoms with E-state index in [1.165, 1.54) is 12.1 Å². The number of ketones is 1. The molecule has 3 heteroatoms. The van der Waals surface area contributed by atoms with E-state index in [1.807, 2.05) is 49.3 Å². The summed E-state index contributed by atoms with van der Waals surface area (Å²) in [6, 6.07) is 14.3. The molecule has 0 spiro atoms. The summed E-state index contributed by atoms with van der Waals surface area (Å²) in [6.07, 6.45) is 1.87. The molecule has 1 N–H and O–H groups in total. The van der Waals surface area contributed by atoms with Crippen molar-refractivity contribution >= 4 is 17.5 Å². The number of nitrogens with zero attached hydrogens (tertiary/aromatic N) is 1. The zero-order valence-corrected chi connectivity index (χ0v) is 12.5. The molecule has 2 aromatic carbocycles. The molecule has 0 aliphatic heterocycles. The highest BCUT2D eigenvalue weighted by molar-refractivity contribution is 6.10. The number of phenols is 1. The molecule has 0 atom stereocenters. The van der Waals surface area contributed by atoms with Gasteiger partial charge in [0.25, 0.3) is 0 Å². The van der Waals surface area contributed by atoms with Crippen molar-refractivity contribution in [2.75, 3.05) is 19.0 Å². The van der Waals surface area contributed by atoms with Crippen LogP contribution < -0.4 is 4.90 Å². The Kier molecular flexibility index (Phi) is 4.43. The summed E-state index contributed by atoms with van der Waals surface area (Å²) in [4.78, 5) is 14.3. The molecule has 0 aliphatic rings. The van der Waals surface area contributed by atoms with Crippen molar-refractivity contribution in [1.29, 1.82) is 0 Å². The van der Waals surface area contributed by atoms with Crippen molar-refractivity contribution in [3.05, 3.63) is 65.2 Å². The minimum atomic E-state index is -0.0355. The molecule has 0 radical (unpaired) electrons. The SMILES string of the molecule is C/C(=C\c1ccc(N(C)C)cc1)C(=O)c1ccc(O)cc1. The molecule has 0 saturated carbocycles. The average Bonchev–Trinajstić information content (AvgIpc) is 2.47. The van der Waals surface area contributed by atoms with Crippen LogP contribution in [0.15, 0.2) is 54.1 Å². The Balaban J connectivity index is 2.20. The van der Waals surface area contributed by atoms with E-state index in [2.05, 4.69) is 0 Å². The predicted molar refractivity (Wildman–Crippen MR) is 86.9 cm³/mol. The number of carbonyl (C=O) groups excluding carboxylic acids is 1. The fraction of sp³-hybridized carbons (Fsp3) is 0.167. The maximum Gasteiger partial charge on any atom is 0.188 e. The number of aromatic hydroxyl groups is 1. The number of hydrogen-bond donors (Lipinski definition) is 1. The van der Waals surface area contributed by atoms with Crippen molar-refractivity contribution < 1.29 is 9.90 Å². The Hall–Kier alpha value is -2.55. The number of phenolic OH excluding ortho intramolecular Hbond substituents is 1. The van der Waals surface area contributed by atoms with Crippen LogP contribution in [0.4, 0.5) is 5.69 Å². The van der Waals surface area contributed by atoms with E-state index < -0.39 is 0 Å². The van der Waals surface area contributed by atoms with Gasteiger partial charge >= 0.3 is 0 Å². The second-order valence-corrected chi connectivity index (χ2v) is 5.19. The van der Waals surface area contributed by atoms with Crippen LogP contribution in [0, 0.1) is 0 Å². The molecular formula is C18H19NO2. The summed E-state index contributed by atoms with van der Waals surface area (Å²) >= 11 is 0. The van der Waals surface area contributed by atoms with Gasteiger partial charge in [0.1, 0.15) is 5.75 Å². The Morgan fingerprint density at radius 3 is 2.10 bits per heavy atom. The largest absolute Gasteiger partial charge is 0.508 e. The summed E-state index contributed by atoms with van der Waals surface area (Å²) in [7, 11) is 3.98. The van der Waals surface area contributed by atoms with Crippen LogP contribution in [-0.4, -0.2) is 25.0 Å². The second-order valence-electron chi connectivity index (χ2n) is 5.19. The van der Waals surface area contributed by atoms with Crippen molar-refractivity contribution in [3.63, 3.8) is 0 Å². The number of rotatable bonds is 4. The Labute approximate surface area is 125 Å². The monoisotopic (exact) mass is 281 g/mol. The van der Waals surface area contributed by atoms with Gasteiger partial charge in [-0.1, -0.05) is 12.1 Å². The fourth-order valence-electron chi connectivity index (χ4n) is 2.02. The van der Waals surface area contributed by atoms with Gasteiger partial charge in [0.2, 0.25) is 0 Å². The number of anilines is 1. The van der Waals surface area contributed by atoms with Crippen LogP contribution in [0.1, 0.15) is 22.8 Å². The maximum absolute atomic E-state index is 12.3. The third kappa shape index (κ3) is 3.72. The van der Waals surface area contributed by atoms with Crippen LogP contribution in [0.5, 0.6) is 5.75 Å². The lowest BCUT2D eigenvalue weighted by Gasteiger charge is -2.12. The Bertz CT molecular complexity index is 653. The third-order valence-electron chi connectivity index (χ3n) is 3.28. The van der Waals surface area contributed by atoms with Gasteiger partial charge in [-0.3, -0.25) is 4.79 Å². The third-order valence-corrected chi connectivity index (χ3v) is 3.28. The molecule has 0 fully saturated rings. The van der Waals surface area contributed by atoms with Crippen molar-refractivity contribution in [2.45, 2.75) is 6.92 Å². The van der Waals surface area contributed by atoms with Gasteiger partial charge in [0, 0.05) is 25.3 Å². The predicted octanol–water partition coefficient (Wildman–Crippen LogP) is 3.74. The van der Waals surface area contributed by atoms with Gasteiger partial charge < -0.3 is 10.0 Å². The molecular weight excluding hydrogens is 262 g/mol. The highest BCUT2D eigenvalue weighted by Crippen LogP contribution is 2.17. The minimum Gasteiger partial charge on any atom is -0.508 e. The van der Waals surface area contributed by atoms with Crippen LogP contribution in [0.3, 0.4) is 0 Å². The number of carbonyl (C=O) groups is 1. The van der Waals surface area contributed by atoms with Crippen LogP contribution in [0.2, 0.25) is 0 Å². The lowest BCUT2D eigenvalue weighted by molar-refractivity contribution is 0.103. The maximum atomic E-state index is 12.3. The standard InChI is InChI=1S/C18H19NO2/c1-13(18(21)15-6-10-17(20)11-7-15)12-14-4-8-16(9-5-14)19(2)3/h4-12,20H,1-3H3/b13-12+. The van der Waals surface area contributed by atoms with Crippen LogP contribution in [-0.2, 0) is 0 Å². The van der Waals surface area contributed by atoms with Gasteiger partial charge in [0.15, 0.2) is 5.78 Å². The molecule has 0 aliphatic carbocycles. The van der Waals surface area contributed by atoms with E-state index in [-0.39, 0.29) is 11.5 Å². The fourth-order valence-corrected chi connectivity index (χ4v) is 2.02. The highest BCUT2D eigenvalue weighted by Gasteiger charge is 2.08. The molecule has 0 bridgehead atoms. The lowest BCUT2D eigenvalue weighted by atomic mass is 10.0. The first-order valence-corrected chi connectivity index (χ1v) is 6.77. The van der Waals surface area contributed by atoms with E-state index in [0.29, 0.717) is 11.1 Å². The van der Waals surface area contributed by atoms with E-state index in [0.717, 1.165) is 11.3 Å². The summed E-state index contributed by atoms with van der Waals surface area (Å²) in [5, 5.41) is 9.25. The van der Waals surface area contributed by atoms with E-state index in [1.54, 1.807) is 19.1 Å². The normalized spacial score (nSPS) is 11.3. The molecule has 0 aromatic heterocycles. The van der Waals surface area contributed by atoms with Crippen LogP contribution in [0.25, 0.3) is 6.08 Å². The van der Waals surface area contributed by atoms with Gasteiger partial charge in [-0.2, -0.15) is 0 Å². The zero-order chi connectivity index (χ0) is 15.4. The summed E-state index contributed by atoms with van der Waals surface area (Å²) in [5.41, 5.74) is 3.35. The summed E-state index contributed by atoms with van der Waals surface area (Å²) < 4.78 is 0. The number of Topliss-reactive ketones (excluding diaryl/α,β-unsaturated/α-hetero) is 1.